The van der Waals surface area contributed by atoms with Crippen molar-refractivity contribution in [3.63, 3.8) is 0 Å². The van der Waals surface area contributed by atoms with Gasteiger partial charge in [0.15, 0.2) is 5.76 Å². The van der Waals surface area contributed by atoms with Crippen LogP contribution in [-0.2, 0) is 18.9 Å². The van der Waals surface area contributed by atoms with E-state index in [0.29, 0.717) is 44.4 Å². The van der Waals surface area contributed by atoms with Gasteiger partial charge in [0, 0.05) is 51.5 Å². The lowest BCUT2D eigenvalue weighted by Crippen LogP contribution is -2.50. The lowest BCUT2D eigenvalue weighted by Gasteiger charge is -2.42. The second-order valence-electron chi connectivity index (χ2n) is 12.0. The van der Waals surface area contributed by atoms with E-state index in [-0.39, 0.29) is 17.9 Å². The summed E-state index contributed by atoms with van der Waals surface area (Å²) < 4.78 is 27.2. The Morgan fingerprint density at radius 2 is 1.71 bits per heavy atom. The van der Waals surface area contributed by atoms with E-state index in [2.05, 4.69) is 9.88 Å². The minimum atomic E-state index is -0.122. The molecule has 0 spiro atoms. The Balaban J connectivity index is 1.43. The zero-order chi connectivity index (χ0) is 29.6. The van der Waals surface area contributed by atoms with E-state index in [0.717, 1.165) is 50.3 Å². The van der Waals surface area contributed by atoms with E-state index in [1.165, 1.54) is 38.5 Å². The number of nitrogens with zero attached hydrogens (tertiary/aromatic N) is 3. The Hall–Kier alpha value is -2.30. The summed E-state index contributed by atoms with van der Waals surface area (Å²) in [5.41, 5.74) is 1.07. The number of hydrogen-bond donors (Lipinski definition) is 0. The summed E-state index contributed by atoms with van der Waals surface area (Å²) in [6.07, 6.45) is 15.3. The highest BCUT2D eigenvalue weighted by atomic mass is 16.7. The molecule has 2 fully saturated rings. The number of anilines is 1. The second-order valence-corrected chi connectivity index (χ2v) is 12.0. The van der Waals surface area contributed by atoms with Gasteiger partial charge in [-0.2, -0.15) is 0 Å². The van der Waals surface area contributed by atoms with E-state index in [1.54, 1.807) is 32.6 Å². The number of pyridine rings is 1. The predicted octanol–water partition coefficient (Wildman–Crippen LogP) is 6.07. The average Bonchev–Trinajstić information content (AvgIpc) is 3.56. The second kappa shape index (κ2) is 17.7. The fourth-order valence-electron chi connectivity index (χ4n) is 6.58. The molecule has 2 aromatic rings. The first-order valence-electron chi connectivity index (χ1n) is 15.8. The Morgan fingerprint density at radius 3 is 2.31 bits per heavy atom. The lowest BCUT2D eigenvalue weighted by atomic mass is 9.82. The molecule has 1 amide bonds. The smallest absolute Gasteiger partial charge is 0.295 e. The average molecular weight is 586 g/mol. The van der Waals surface area contributed by atoms with Gasteiger partial charge in [0.05, 0.1) is 19.5 Å². The van der Waals surface area contributed by atoms with Crippen LogP contribution in [0.4, 0.5) is 5.82 Å². The zero-order valence-electron chi connectivity index (χ0n) is 25.9. The van der Waals surface area contributed by atoms with Gasteiger partial charge in [0.1, 0.15) is 19.4 Å². The van der Waals surface area contributed by atoms with Gasteiger partial charge in [-0.1, -0.05) is 38.2 Å². The quantitative estimate of drug-likeness (QED) is 0.163. The van der Waals surface area contributed by atoms with Crippen LogP contribution in [0.25, 0.3) is 0 Å². The summed E-state index contributed by atoms with van der Waals surface area (Å²) in [6, 6.07) is 8.05. The van der Waals surface area contributed by atoms with Gasteiger partial charge in [-0.25, -0.2) is 4.98 Å². The summed E-state index contributed by atoms with van der Waals surface area (Å²) in [6.45, 7) is 5.75. The van der Waals surface area contributed by atoms with Crippen molar-refractivity contribution in [1.29, 1.82) is 0 Å². The number of furan rings is 1. The van der Waals surface area contributed by atoms with Crippen molar-refractivity contribution in [2.24, 2.45) is 11.8 Å². The van der Waals surface area contributed by atoms with Crippen molar-refractivity contribution in [3.05, 3.63) is 48.0 Å². The van der Waals surface area contributed by atoms with Crippen LogP contribution in [0.2, 0.25) is 0 Å². The summed E-state index contributed by atoms with van der Waals surface area (Å²) in [5, 5.41) is 0. The van der Waals surface area contributed by atoms with Gasteiger partial charge >= 0.3 is 0 Å². The largest absolute Gasteiger partial charge is 0.459 e. The highest BCUT2D eigenvalue weighted by Gasteiger charge is 2.34. The maximum absolute atomic E-state index is 13.6. The van der Waals surface area contributed by atoms with Crippen molar-refractivity contribution in [3.8, 4) is 0 Å². The summed E-state index contributed by atoms with van der Waals surface area (Å²) >= 11 is 0. The predicted molar refractivity (Wildman–Crippen MR) is 162 cm³/mol. The fraction of sp³-hybridized carbons (Fsp3) is 0.697. The van der Waals surface area contributed by atoms with Crippen LogP contribution in [0.3, 0.4) is 0 Å². The van der Waals surface area contributed by atoms with Crippen LogP contribution < -0.4 is 4.90 Å². The van der Waals surface area contributed by atoms with Crippen LogP contribution in [0.5, 0.6) is 0 Å². The molecular weight excluding hydrogens is 534 g/mol. The third kappa shape index (κ3) is 9.88. The molecule has 234 valence electrons. The number of likely N-dealkylation sites (tertiary alicyclic amines) is 1. The standard InChI is InChI=1S/C33H51N3O6/c1-26-11-14-32(34-21-26)36(33(37)31-10-7-19-42-31)29-15-17-35(18-16-29)30(20-27-8-5-4-6-9-27)13-12-28(22-40-24-38-2)23-41-25-39-3/h7,10-11,14,19,21,27-30H,4-6,8-9,12-13,15-18,20,22-25H2,1-3H3. The molecule has 1 atom stereocenters. The normalized spacial score (nSPS) is 18.0. The molecule has 1 unspecified atom stereocenters. The lowest BCUT2D eigenvalue weighted by molar-refractivity contribution is -0.0797. The highest BCUT2D eigenvalue weighted by molar-refractivity contribution is 6.04. The van der Waals surface area contributed by atoms with Crippen LogP contribution in [0, 0.1) is 18.8 Å². The molecule has 2 aromatic heterocycles. The molecule has 1 aliphatic heterocycles. The molecule has 0 aromatic carbocycles. The third-order valence-electron chi connectivity index (χ3n) is 8.82. The minimum absolute atomic E-state index is 0.0713. The molecule has 1 saturated heterocycles. The van der Waals surface area contributed by atoms with E-state index >= 15 is 0 Å². The summed E-state index contributed by atoms with van der Waals surface area (Å²) in [7, 11) is 3.30. The molecule has 0 radical (unpaired) electrons. The maximum atomic E-state index is 13.6. The SMILES string of the molecule is COCOCC(CCC(CC1CCCCC1)N1CCC(N(C(=O)c2ccco2)c2ccc(C)cn2)CC1)COCOC. The molecule has 0 N–H and O–H groups in total. The van der Waals surface area contributed by atoms with Gasteiger partial charge in [-0.15, -0.1) is 0 Å². The van der Waals surface area contributed by atoms with Crippen LogP contribution in [-0.4, -0.2) is 82.0 Å². The molecule has 1 aliphatic carbocycles. The van der Waals surface area contributed by atoms with E-state index in [9.17, 15) is 4.79 Å². The van der Waals surface area contributed by atoms with Gasteiger partial charge < -0.3 is 28.3 Å². The van der Waals surface area contributed by atoms with E-state index < -0.39 is 0 Å². The maximum Gasteiger partial charge on any atom is 0.295 e. The fourth-order valence-corrected chi connectivity index (χ4v) is 6.58. The third-order valence-corrected chi connectivity index (χ3v) is 8.82. The molecule has 1 saturated carbocycles. The topological polar surface area (TPSA) is 86.5 Å². The zero-order valence-corrected chi connectivity index (χ0v) is 25.9. The van der Waals surface area contributed by atoms with Crippen molar-refractivity contribution in [1.82, 2.24) is 9.88 Å². The molecule has 42 heavy (non-hydrogen) atoms. The van der Waals surface area contributed by atoms with Crippen molar-refractivity contribution in [2.45, 2.75) is 83.2 Å². The van der Waals surface area contributed by atoms with Gasteiger partial charge in [0.25, 0.3) is 5.91 Å². The first-order valence-corrected chi connectivity index (χ1v) is 15.8. The summed E-state index contributed by atoms with van der Waals surface area (Å²) in [4.78, 5) is 22.8. The number of piperidine rings is 1. The first kappa shape index (κ1) is 32.6. The number of ether oxygens (including phenoxy) is 4. The van der Waals surface area contributed by atoms with Gasteiger partial charge in [-0.05, 0) is 68.7 Å². The molecule has 0 bridgehead atoms. The van der Waals surface area contributed by atoms with Crippen LogP contribution in [0.15, 0.2) is 41.1 Å². The van der Waals surface area contributed by atoms with Crippen molar-refractivity contribution >= 4 is 11.7 Å². The molecule has 2 aliphatic rings. The van der Waals surface area contributed by atoms with Gasteiger partial charge in [0.2, 0.25) is 0 Å². The molecular formula is C33H51N3O6. The number of aromatic nitrogens is 1. The monoisotopic (exact) mass is 585 g/mol. The molecule has 4 rings (SSSR count). The van der Waals surface area contributed by atoms with E-state index in [4.69, 9.17) is 23.4 Å². The molecule has 9 heteroatoms. The van der Waals surface area contributed by atoms with E-state index in [1.807, 2.05) is 30.2 Å². The summed E-state index contributed by atoms with van der Waals surface area (Å²) in [5.74, 6) is 2.00. The number of carbonyl (C=O) groups is 1. The van der Waals surface area contributed by atoms with Crippen molar-refractivity contribution in [2.75, 3.05) is 59.0 Å². The Morgan fingerprint density at radius 1 is 1.00 bits per heavy atom. The number of hydrogen-bond acceptors (Lipinski definition) is 8. The number of amides is 1. The van der Waals surface area contributed by atoms with Crippen LogP contribution >= 0.6 is 0 Å². The first-order chi connectivity index (χ1) is 20.6. The Labute approximate surface area is 251 Å². The minimum Gasteiger partial charge on any atom is -0.459 e. The number of aryl methyl sites for hydroxylation is 1. The molecule has 3 heterocycles. The highest BCUT2D eigenvalue weighted by Crippen LogP contribution is 2.33. The number of rotatable bonds is 17. The Kier molecular flexibility index (Phi) is 13.8. The number of carbonyl (C=O) groups excluding carboxylic acids is 1. The Bertz CT molecular complexity index is 993. The van der Waals surface area contributed by atoms with Crippen molar-refractivity contribution < 1.29 is 28.2 Å². The van der Waals surface area contributed by atoms with Crippen LogP contribution in [0.1, 0.15) is 80.3 Å². The number of methoxy groups -OCH3 is 2. The van der Waals surface area contributed by atoms with Gasteiger partial charge in [-0.3, -0.25) is 9.69 Å². The molecule has 9 nitrogen and oxygen atoms in total.